The molecule has 1 heterocycles. The SMILES string of the molecule is O=C(O)C1(Nc2cccc(Cl)c2)CCC2(CC1)c1ccccc1CC2c1ccc(Oc2ccncc2)cc1. The van der Waals surface area contributed by atoms with E-state index >= 15 is 0 Å². The number of hydrogen-bond acceptors (Lipinski definition) is 4. The van der Waals surface area contributed by atoms with Crippen molar-refractivity contribution in [1.29, 1.82) is 0 Å². The largest absolute Gasteiger partial charge is 0.480 e. The number of carboxylic acid groups (broad SMARTS) is 1. The van der Waals surface area contributed by atoms with E-state index in [-0.39, 0.29) is 11.3 Å². The molecule has 0 radical (unpaired) electrons. The molecule has 0 amide bonds. The van der Waals surface area contributed by atoms with Gasteiger partial charge in [-0.15, -0.1) is 0 Å². The second-order valence-electron chi connectivity index (χ2n) is 10.4. The third-order valence-corrected chi connectivity index (χ3v) is 8.66. The maximum absolute atomic E-state index is 12.6. The number of ether oxygens (including phenoxy) is 1. The first-order valence-corrected chi connectivity index (χ1v) is 13.4. The number of carboxylic acids is 1. The third-order valence-electron chi connectivity index (χ3n) is 8.43. The first-order valence-electron chi connectivity index (χ1n) is 13.0. The lowest BCUT2D eigenvalue weighted by Gasteiger charge is -2.47. The van der Waals surface area contributed by atoms with Gasteiger partial charge in [0.25, 0.3) is 0 Å². The highest BCUT2D eigenvalue weighted by atomic mass is 35.5. The van der Waals surface area contributed by atoms with E-state index in [2.05, 4.69) is 46.7 Å². The second kappa shape index (κ2) is 9.80. The molecule has 1 fully saturated rings. The zero-order chi connectivity index (χ0) is 26.2. The van der Waals surface area contributed by atoms with E-state index in [4.69, 9.17) is 16.3 Å². The van der Waals surface area contributed by atoms with Gasteiger partial charge in [-0.05, 0) is 97.2 Å². The highest BCUT2D eigenvalue weighted by Gasteiger charge is 2.54. The molecular formula is C32H29ClN2O3. The van der Waals surface area contributed by atoms with E-state index in [9.17, 15) is 9.90 Å². The van der Waals surface area contributed by atoms with Crippen LogP contribution in [0.15, 0.2) is 97.3 Å². The summed E-state index contributed by atoms with van der Waals surface area (Å²) in [5.74, 6) is 0.992. The van der Waals surface area contributed by atoms with Gasteiger partial charge in [-0.2, -0.15) is 0 Å². The number of rotatable bonds is 6. The summed E-state index contributed by atoms with van der Waals surface area (Å²) in [6.07, 6.45) is 7.00. The lowest BCUT2D eigenvalue weighted by molar-refractivity contribution is -0.144. The smallest absolute Gasteiger partial charge is 0.329 e. The van der Waals surface area contributed by atoms with E-state index < -0.39 is 11.5 Å². The van der Waals surface area contributed by atoms with Crippen LogP contribution in [-0.2, 0) is 16.6 Å². The summed E-state index contributed by atoms with van der Waals surface area (Å²) in [5.41, 5.74) is 3.58. The molecule has 1 spiro atoms. The summed E-state index contributed by atoms with van der Waals surface area (Å²) >= 11 is 6.19. The first kappa shape index (κ1) is 24.5. The van der Waals surface area contributed by atoms with E-state index in [1.165, 1.54) is 16.7 Å². The number of nitrogens with one attached hydrogen (secondary N) is 1. The number of pyridine rings is 1. The Morgan fingerprint density at radius 3 is 2.32 bits per heavy atom. The van der Waals surface area contributed by atoms with Crippen molar-refractivity contribution in [2.75, 3.05) is 5.32 Å². The predicted molar refractivity (Wildman–Crippen MR) is 149 cm³/mol. The molecule has 1 saturated carbocycles. The van der Waals surface area contributed by atoms with Gasteiger partial charge < -0.3 is 15.2 Å². The molecule has 0 bridgehead atoms. The Bertz CT molecular complexity index is 1450. The van der Waals surface area contributed by atoms with Crippen LogP contribution in [-0.4, -0.2) is 21.6 Å². The summed E-state index contributed by atoms with van der Waals surface area (Å²) in [5, 5.41) is 14.3. The van der Waals surface area contributed by atoms with Crippen molar-refractivity contribution in [3.63, 3.8) is 0 Å². The van der Waals surface area contributed by atoms with Gasteiger partial charge in [-0.1, -0.05) is 54.1 Å². The van der Waals surface area contributed by atoms with Gasteiger partial charge in [0.1, 0.15) is 17.0 Å². The van der Waals surface area contributed by atoms with Gasteiger partial charge in [-0.3, -0.25) is 4.98 Å². The molecule has 0 aliphatic heterocycles. The Balaban J connectivity index is 1.29. The number of nitrogens with zero attached hydrogens (tertiary/aromatic N) is 1. The van der Waals surface area contributed by atoms with Crippen molar-refractivity contribution in [1.82, 2.24) is 4.98 Å². The van der Waals surface area contributed by atoms with Gasteiger partial charge in [0, 0.05) is 28.5 Å². The lowest BCUT2D eigenvalue weighted by atomic mass is 9.59. The molecule has 1 unspecified atom stereocenters. The Morgan fingerprint density at radius 1 is 0.895 bits per heavy atom. The Hall–Kier alpha value is -3.83. The van der Waals surface area contributed by atoms with Crippen molar-refractivity contribution in [2.45, 2.75) is 49.0 Å². The fourth-order valence-corrected chi connectivity index (χ4v) is 6.70. The van der Waals surface area contributed by atoms with E-state index in [0.29, 0.717) is 17.9 Å². The van der Waals surface area contributed by atoms with Crippen molar-refractivity contribution < 1.29 is 14.6 Å². The summed E-state index contributed by atoms with van der Waals surface area (Å²) in [6, 6.07) is 28.0. The minimum Gasteiger partial charge on any atom is -0.480 e. The van der Waals surface area contributed by atoms with Crippen LogP contribution in [0.1, 0.15) is 48.3 Å². The molecule has 2 N–H and O–H groups in total. The van der Waals surface area contributed by atoms with Crippen molar-refractivity contribution in [2.24, 2.45) is 0 Å². The molecule has 4 aromatic rings. The number of aromatic nitrogens is 1. The minimum atomic E-state index is -1.03. The van der Waals surface area contributed by atoms with Crippen LogP contribution in [0.2, 0.25) is 5.02 Å². The number of aliphatic carboxylic acids is 1. The highest BCUT2D eigenvalue weighted by molar-refractivity contribution is 6.30. The van der Waals surface area contributed by atoms with Crippen LogP contribution >= 0.6 is 11.6 Å². The molecule has 2 aliphatic carbocycles. The van der Waals surface area contributed by atoms with Crippen LogP contribution in [0.3, 0.4) is 0 Å². The van der Waals surface area contributed by atoms with Gasteiger partial charge in [0.15, 0.2) is 0 Å². The van der Waals surface area contributed by atoms with Crippen LogP contribution in [0.5, 0.6) is 11.5 Å². The fraction of sp³-hybridized carbons (Fsp3) is 0.250. The molecule has 5 nitrogen and oxygen atoms in total. The molecule has 38 heavy (non-hydrogen) atoms. The van der Waals surface area contributed by atoms with E-state index in [1.807, 2.05) is 36.4 Å². The monoisotopic (exact) mass is 524 g/mol. The number of fused-ring (bicyclic) bond motifs is 2. The highest BCUT2D eigenvalue weighted by Crippen LogP contribution is 2.58. The number of carbonyl (C=O) groups is 1. The first-order chi connectivity index (χ1) is 18.5. The maximum Gasteiger partial charge on any atom is 0.329 e. The second-order valence-corrected chi connectivity index (χ2v) is 10.9. The summed E-state index contributed by atoms with van der Waals surface area (Å²) in [4.78, 5) is 16.7. The molecule has 192 valence electrons. The molecular weight excluding hydrogens is 496 g/mol. The Morgan fingerprint density at radius 2 is 1.61 bits per heavy atom. The van der Waals surface area contributed by atoms with Crippen LogP contribution in [0.4, 0.5) is 5.69 Å². The third kappa shape index (κ3) is 4.41. The molecule has 1 atom stereocenters. The summed E-state index contributed by atoms with van der Waals surface area (Å²) in [7, 11) is 0. The number of benzene rings is 3. The van der Waals surface area contributed by atoms with Crippen molar-refractivity contribution >= 4 is 23.3 Å². The Labute approximate surface area is 227 Å². The zero-order valence-electron chi connectivity index (χ0n) is 20.9. The standard InChI is InChI=1S/C32H29ClN2O3/c33-24-5-3-6-25(21-24)35-32(30(36)37)16-14-31(15-17-32)28-7-2-1-4-23(28)20-29(31)22-8-10-26(11-9-22)38-27-12-18-34-19-13-27/h1-13,18-19,21,29,35H,14-17,20H2,(H,36,37). The van der Waals surface area contributed by atoms with Crippen LogP contribution in [0.25, 0.3) is 0 Å². The van der Waals surface area contributed by atoms with E-state index in [0.717, 1.165) is 36.4 Å². The number of hydrogen-bond donors (Lipinski definition) is 2. The molecule has 6 rings (SSSR count). The topological polar surface area (TPSA) is 71.5 Å². The summed E-state index contributed by atoms with van der Waals surface area (Å²) < 4.78 is 5.99. The van der Waals surface area contributed by atoms with Gasteiger partial charge >= 0.3 is 5.97 Å². The van der Waals surface area contributed by atoms with Crippen LogP contribution < -0.4 is 10.1 Å². The molecule has 0 saturated heterocycles. The zero-order valence-corrected chi connectivity index (χ0v) is 21.7. The predicted octanol–water partition coefficient (Wildman–Crippen LogP) is 7.61. The van der Waals surface area contributed by atoms with Crippen molar-refractivity contribution in [3.05, 3.63) is 119 Å². The average Bonchev–Trinajstić information content (AvgIpc) is 3.25. The van der Waals surface area contributed by atoms with Crippen LogP contribution in [0, 0.1) is 0 Å². The lowest BCUT2D eigenvalue weighted by Crippen LogP contribution is -2.52. The quantitative estimate of drug-likeness (QED) is 0.271. The van der Waals surface area contributed by atoms with Crippen molar-refractivity contribution in [3.8, 4) is 11.5 Å². The fourth-order valence-electron chi connectivity index (χ4n) is 6.51. The molecule has 2 aliphatic rings. The Kier molecular flexibility index (Phi) is 6.32. The minimum absolute atomic E-state index is 0.112. The van der Waals surface area contributed by atoms with Gasteiger partial charge in [0.2, 0.25) is 0 Å². The molecule has 6 heteroatoms. The van der Waals surface area contributed by atoms with E-state index in [1.54, 1.807) is 24.5 Å². The summed E-state index contributed by atoms with van der Waals surface area (Å²) in [6.45, 7) is 0. The van der Waals surface area contributed by atoms with Gasteiger partial charge in [0.05, 0.1) is 0 Å². The number of halogens is 1. The maximum atomic E-state index is 12.6. The molecule has 1 aromatic heterocycles. The van der Waals surface area contributed by atoms with Gasteiger partial charge in [-0.25, -0.2) is 4.79 Å². The average molecular weight is 525 g/mol. The molecule has 3 aromatic carbocycles. The normalized spacial score (nSPS) is 24.1. The number of anilines is 1.